The Morgan fingerprint density at radius 1 is 1.67 bits per heavy atom. The molecule has 0 aliphatic heterocycles. The van der Waals surface area contributed by atoms with Gasteiger partial charge in [-0.3, -0.25) is 0 Å². The molecule has 3 N–H and O–H groups in total. The summed E-state index contributed by atoms with van der Waals surface area (Å²) in [6.45, 7) is 3.99. The maximum absolute atomic E-state index is 8.58. The Labute approximate surface area is 96.9 Å². The number of hydrogen-bond acceptors (Lipinski definition) is 6. The van der Waals surface area contributed by atoms with E-state index in [0.717, 1.165) is 23.0 Å². The van der Waals surface area contributed by atoms with Gasteiger partial charge in [0, 0.05) is 6.42 Å². The second-order valence-corrected chi connectivity index (χ2v) is 5.07. The minimum absolute atomic E-state index is 0.0346. The second-order valence-electron chi connectivity index (χ2n) is 2.87. The van der Waals surface area contributed by atoms with Crippen LogP contribution in [0.5, 0.6) is 0 Å². The molecule has 0 saturated carbocycles. The van der Waals surface area contributed by atoms with Crippen LogP contribution in [0.25, 0.3) is 0 Å². The average molecular weight is 246 g/mol. The van der Waals surface area contributed by atoms with Crippen molar-refractivity contribution in [1.29, 1.82) is 0 Å². The fraction of sp³-hybridized carbons (Fsp3) is 0.625. The molecule has 0 aliphatic rings. The van der Waals surface area contributed by atoms with Crippen LogP contribution in [-0.4, -0.2) is 25.7 Å². The van der Waals surface area contributed by atoms with E-state index in [0.29, 0.717) is 0 Å². The number of oxime groups is 1. The van der Waals surface area contributed by atoms with Crippen molar-refractivity contribution in [1.82, 2.24) is 9.36 Å². The molecule has 1 unspecified atom stereocenters. The molecule has 15 heavy (non-hydrogen) atoms. The first-order valence-corrected chi connectivity index (χ1v) is 6.33. The van der Waals surface area contributed by atoms with Gasteiger partial charge < -0.3 is 10.9 Å². The minimum atomic E-state index is -0.0346. The number of amidine groups is 1. The Bertz CT molecular complexity index is 339. The summed E-state index contributed by atoms with van der Waals surface area (Å²) in [7, 11) is 0. The largest absolute Gasteiger partial charge is 0.409 e. The Balaban J connectivity index is 2.66. The third-order valence-corrected chi connectivity index (χ3v) is 4.04. The van der Waals surface area contributed by atoms with E-state index in [2.05, 4.69) is 14.5 Å². The molecular formula is C8H14N4OS2. The number of aromatic nitrogens is 2. The molecule has 0 radical (unpaired) electrons. The van der Waals surface area contributed by atoms with Crippen molar-refractivity contribution in [2.24, 2.45) is 10.9 Å². The molecule has 1 atom stereocenters. The lowest BCUT2D eigenvalue weighted by Gasteiger charge is -2.09. The van der Waals surface area contributed by atoms with Crippen molar-refractivity contribution >= 4 is 29.1 Å². The average Bonchev–Trinajstić information content (AvgIpc) is 2.72. The van der Waals surface area contributed by atoms with Gasteiger partial charge in [-0.05, 0) is 18.0 Å². The van der Waals surface area contributed by atoms with Gasteiger partial charge in [0.05, 0.1) is 5.25 Å². The summed E-state index contributed by atoms with van der Waals surface area (Å²) in [6.07, 6.45) is 1.62. The summed E-state index contributed by atoms with van der Waals surface area (Å²) >= 11 is 2.84. The van der Waals surface area contributed by atoms with Crippen LogP contribution < -0.4 is 5.73 Å². The zero-order valence-electron chi connectivity index (χ0n) is 8.67. The first kappa shape index (κ1) is 12.3. The third-order valence-electron chi connectivity index (χ3n) is 1.82. The van der Waals surface area contributed by atoms with Crippen LogP contribution >= 0.6 is 23.3 Å². The van der Waals surface area contributed by atoms with E-state index in [1.165, 1.54) is 23.3 Å². The Hall–Kier alpha value is -0.820. The van der Waals surface area contributed by atoms with Crippen LogP contribution in [0.4, 0.5) is 0 Å². The molecule has 1 aromatic rings. The fourth-order valence-electron chi connectivity index (χ4n) is 0.968. The van der Waals surface area contributed by atoms with E-state index in [9.17, 15) is 0 Å². The van der Waals surface area contributed by atoms with Gasteiger partial charge in [-0.25, -0.2) is 4.98 Å². The number of rotatable bonds is 5. The van der Waals surface area contributed by atoms with Gasteiger partial charge in [-0.2, -0.15) is 4.37 Å². The maximum atomic E-state index is 8.58. The van der Waals surface area contributed by atoms with Gasteiger partial charge in [0.1, 0.15) is 5.82 Å². The lowest BCUT2D eigenvalue weighted by molar-refractivity contribution is 0.317. The van der Waals surface area contributed by atoms with Gasteiger partial charge in [0.2, 0.25) is 0 Å². The Morgan fingerprint density at radius 2 is 2.40 bits per heavy atom. The second kappa shape index (κ2) is 5.92. The zero-order valence-corrected chi connectivity index (χ0v) is 10.3. The third kappa shape index (κ3) is 3.35. The van der Waals surface area contributed by atoms with Crippen LogP contribution in [0, 0.1) is 0 Å². The van der Waals surface area contributed by atoms with Crippen molar-refractivity contribution in [3.8, 4) is 0 Å². The predicted molar refractivity (Wildman–Crippen MR) is 62.6 cm³/mol. The van der Waals surface area contributed by atoms with Crippen LogP contribution in [-0.2, 0) is 6.42 Å². The molecule has 5 nitrogen and oxygen atoms in total. The van der Waals surface area contributed by atoms with Gasteiger partial charge >= 0.3 is 0 Å². The molecule has 0 spiro atoms. The van der Waals surface area contributed by atoms with E-state index in [1.807, 2.05) is 13.8 Å². The molecular weight excluding hydrogens is 232 g/mol. The van der Waals surface area contributed by atoms with Crippen LogP contribution in [0.15, 0.2) is 9.50 Å². The van der Waals surface area contributed by atoms with E-state index in [1.54, 1.807) is 0 Å². The summed E-state index contributed by atoms with van der Waals surface area (Å²) in [4.78, 5) is 4.31. The van der Waals surface area contributed by atoms with Crippen molar-refractivity contribution in [3.63, 3.8) is 0 Å². The Kier molecular flexibility index (Phi) is 4.83. The van der Waals surface area contributed by atoms with Crippen molar-refractivity contribution < 1.29 is 5.21 Å². The highest BCUT2D eigenvalue weighted by molar-refractivity contribution is 8.02. The zero-order chi connectivity index (χ0) is 11.3. The number of hydrogen-bond donors (Lipinski definition) is 2. The van der Waals surface area contributed by atoms with E-state index in [4.69, 9.17) is 10.9 Å². The summed E-state index contributed by atoms with van der Waals surface area (Å²) in [6, 6.07) is 0. The Morgan fingerprint density at radius 3 is 2.87 bits per heavy atom. The fourth-order valence-corrected chi connectivity index (χ4v) is 2.84. The topological polar surface area (TPSA) is 84.4 Å². The van der Waals surface area contributed by atoms with Crippen LogP contribution in [0.3, 0.4) is 0 Å². The first-order valence-electron chi connectivity index (χ1n) is 4.67. The molecule has 0 aliphatic carbocycles. The molecule has 1 aromatic heterocycles. The molecule has 1 rings (SSSR count). The molecule has 0 fully saturated rings. The van der Waals surface area contributed by atoms with Crippen LogP contribution in [0.2, 0.25) is 0 Å². The standard InChI is InChI=1S/C8H14N4OS2/c1-3-5(7(9)11-13)14-8-10-6(4-2)12-15-8/h5,13H,3-4H2,1-2H3,(H2,9,11). The maximum Gasteiger partial charge on any atom is 0.170 e. The predicted octanol–water partition coefficient (Wildman–Crippen LogP) is 1.72. The number of nitrogens with zero attached hydrogens (tertiary/aromatic N) is 3. The monoisotopic (exact) mass is 246 g/mol. The highest BCUT2D eigenvalue weighted by Crippen LogP contribution is 2.27. The van der Waals surface area contributed by atoms with Crippen molar-refractivity contribution in [3.05, 3.63) is 5.82 Å². The highest BCUT2D eigenvalue weighted by atomic mass is 32.2. The van der Waals surface area contributed by atoms with Crippen LogP contribution in [0.1, 0.15) is 26.1 Å². The lowest BCUT2D eigenvalue weighted by Crippen LogP contribution is -2.25. The van der Waals surface area contributed by atoms with E-state index < -0.39 is 0 Å². The summed E-state index contributed by atoms with van der Waals surface area (Å²) in [5, 5.41) is 11.6. The van der Waals surface area contributed by atoms with Crippen molar-refractivity contribution in [2.45, 2.75) is 36.3 Å². The number of thioether (sulfide) groups is 1. The molecule has 1 heterocycles. The summed E-state index contributed by atoms with van der Waals surface area (Å²) in [5.41, 5.74) is 5.55. The molecule has 7 heteroatoms. The summed E-state index contributed by atoms with van der Waals surface area (Å²) < 4.78 is 5.04. The minimum Gasteiger partial charge on any atom is -0.409 e. The SMILES string of the molecule is CCc1nsc(SC(CC)C(N)=NO)n1. The normalized spacial score (nSPS) is 14.1. The molecule has 84 valence electrons. The molecule has 0 aromatic carbocycles. The van der Waals surface area contributed by atoms with Crippen molar-refractivity contribution in [2.75, 3.05) is 0 Å². The van der Waals surface area contributed by atoms with Gasteiger partial charge in [-0.1, -0.05) is 30.8 Å². The molecule has 0 saturated heterocycles. The number of aryl methyl sites for hydroxylation is 1. The van der Waals surface area contributed by atoms with Gasteiger partial charge in [0.15, 0.2) is 10.2 Å². The first-order chi connectivity index (χ1) is 7.21. The molecule has 0 amide bonds. The van der Waals surface area contributed by atoms with Gasteiger partial charge in [0.25, 0.3) is 0 Å². The quantitative estimate of drug-likeness (QED) is 0.272. The van der Waals surface area contributed by atoms with E-state index >= 15 is 0 Å². The summed E-state index contributed by atoms with van der Waals surface area (Å²) in [5.74, 6) is 1.08. The smallest absolute Gasteiger partial charge is 0.170 e. The van der Waals surface area contributed by atoms with Gasteiger partial charge in [-0.15, -0.1) is 0 Å². The lowest BCUT2D eigenvalue weighted by atomic mass is 10.3. The number of nitrogens with two attached hydrogens (primary N) is 1. The molecule has 0 bridgehead atoms. The van der Waals surface area contributed by atoms with E-state index in [-0.39, 0.29) is 11.1 Å². The highest BCUT2D eigenvalue weighted by Gasteiger charge is 2.16.